The molecule has 1 aliphatic heterocycles. The standard InChI is InChI=1S/C9H11ClO2S/c1-9(11-4-5-12-9)8-3-2-7(6-10)13-8/h2-3H,4-6H2,1H3. The molecule has 1 saturated heterocycles. The summed E-state index contributed by atoms with van der Waals surface area (Å²) < 4.78 is 11.1. The number of hydrogen-bond acceptors (Lipinski definition) is 3. The molecule has 4 heteroatoms. The summed E-state index contributed by atoms with van der Waals surface area (Å²) in [6.45, 7) is 3.29. The van der Waals surface area contributed by atoms with E-state index in [1.54, 1.807) is 11.3 Å². The van der Waals surface area contributed by atoms with Crippen LogP contribution in [0.15, 0.2) is 12.1 Å². The van der Waals surface area contributed by atoms with E-state index in [0.29, 0.717) is 19.1 Å². The monoisotopic (exact) mass is 218 g/mol. The Morgan fingerprint density at radius 1 is 1.46 bits per heavy atom. The summed E-state index contributed by atoms with van der Waals surface area (Å²) in [7, 11) is 0. The highest BCUT2D eigenvalue weighted by Crippen LogP contribution is 2.35. The highest BCUT2D eigenvalue weighted by molar-refractivity contribution is 7.12. The van der Waals surface area contributed by atoms with Crippen molar-refractivity contribution >= 4 is 22.9 Å². The fourth-order valence-corrected chi connectivity index (χ4v) is 2.52. The van der Waals surface area contributed by atoms with Crippen molar-refractivity contribution in [3.05, 3.63) is 21.9 Å². The van der Waals surface area contributed by atoms with Crippen molar-refractivity contribution in [2.75, 3.05) is 13.2 Å². The fourth-order valence-electron chi connectivity index (χ4n) is 1.35. The van der Waals surface area contributed by atoms with Crippen LogP contribution in [0.3, 0.4) is 0 Å². The molecular formula is C9H11ClO2S. The van der Waals surface area contributed by atoms with Gasteiger partial charge in [-0.15, -0.1) is 22.9 Å². The van der Waals surface area contributed by atoms with E-state index in [1.165, 1.54) is 0 Å². The van der Waals surface area contributed by atoms with Crippen LogP contribution in [0.5, 0.6) is 0 Å². The maximum atomic E-state index is 5.72. The zero-order chi connectivity index (χ0) is 9.31. The van der Waals surface area contributed by atoms with E-state index in [-0.39, 0.29) is 0 Å². The van der Waals surface area contributed by atoms with Gasteiger partial charge >= 0.3 is 0 Å². The SMILES string of the molecule is CC1(c2ccc(CCl)s2)OCCO1. The summed E-state index contributed by atoms with van der Waals surface area (Å²) in [5.74, 6) is 0.0235. The van der Waals surface area contributed by atoms with Gasteiger partial charge in [-0.1, -0.05) is 0 Å². The van der Waals surface area contributed by atoms with Crippen molar-refractivity contribution < 1.29 is 9.47 Å². The van der Waals surface area contributed by atoms with Crippen molar-refractivity contribution in [2.45, 2.75) is 18.6 Å². The summed E-state index contributed by atoms with van der Waals surface area (Å²) in [6.07, 6.45) is 0. The minimum Gasteiger partial charge on any atom is -0.343 e. The molecule has 1 aromatic heterocycles. The van der Waals surface area contributed by atoms with Crippen LogP contribution in [-0.2, 0) is 21.1 Å². The van der Waals surface area contributed by atoms with Crippen molar-refractivity contribution in [2.24, 2.45) is 0 Å². The number of rotatable bonds is 2. The molecule has 2 nitrogen and oxygen atoms in total. The lowest BCUT2D eigenvalue weighted by atomic mass is 10.2. The quantitative estimate of drug-likeness (QED) is 0.711. The molecule has 1 fully saturated rings. The zero-order valence-electron chi connectivity index (χ0n) is 7.38. The molecule has 2 heterocycles. The second kappa shape index (κ2) is 3.58. The molecule has 72 valence electrons. The van der Waals surface area contributed by atoms with Crippen LogP contribution in [0.25, 0.3) is 0 Å². The van der Waals surface area contributed by atoms with Gasteiger partial charge in [-0.25, -0.2) is 0 Å². The van der Waals surface area contributed by atoms with Gasteiger partial charge in [0.25, 0.3) is 0 Å². The van der Waals surface area contributed by atoms with E-state index >= 15 is 0 Å². The lowest BCUT2D eigenvalue weighted by Gasteiger charge is -2.20. The third-order valence-electron chi connectivity index (χ3n) is 2.08. The Balaban J connectivity index is 2.23. The number of thiophene rings is 1. The lowest BCUT2D eigenvalue weighted by molar-refractivity contribution is -0.146. The van der Waals surface area contributed by atoms with Crippen molar-refractivity contribution in [1.82, 2.24) is 0 Å². The first-order valence-corrected chi connectivity index (χ1v) is 5.53. The fraction of sp³-hybridized carbons (Fsp3) is 0.556. The molecule has 13 heavy (non-hydrogen) atoms. The average Bonchev–Trinajstić information content (AvgIpc) is 2.72. The predicted octanol–water partition coefficient (Wildman–Crippen LogP) is 2.71. The molecule has 0 bridgehead atoms. The molecule has 0 unspecified atom stereocenters. The van der Waals surface area contributed by atoms with Crippen molar-refractivity contribution in [1.29, 1.82) is 0 Å². The van der Waals surface area contributed by atoms with Crippen LogP contribution < -0.4 is 0 Å². The van der Waals surface area contributed by atoms with Crippen LogP contribution in [0.2, 0.25) is 0 Å². The Bertz CT molecular complexity index is 292. The minimum atomic E-state index is -0.533. The number of halogens is 1. The number of hydrogen-bond donors (Lipinski definition) is 0. The average molecular weight is 219 g/mol. The highest BCUT2D eigenvalue weighted by Gasteiger charge is 2.34. The van der Waals surface area contributed by atoms with E-state index in [1.807, 2.05) is 19.1 Å². The number of ether oxygens (including phenoxy) is 2. The maximum Gasteiger partial charge on any atom is 0.201 e. The van der Waals surface area contributed by atoms with Gasteiger partial charge in [0.2, 0.25) is 5.79 Å². The molecule has 1 aromatic rings. The Labute approximate surface area is 86.4 Å². The van der Waals surface area contributed by atoms with Crippen LogP contribution >= 0.6 is 22.9 Å². The maximum absolute atomic E-state index is 5.72. The van der Waals surface area contributed by atoms with Gasteiger partial charge < -0.3 is 9.47 Å². The second-order valence-electron chi connectivity index (χ2n) is 3.04. The van der Waals surface area contributed by atoms with Gasteiger partial charge in [-0.3, -0.25) is 0 Å². The molecule has 0 radical (unpaired) electrons. The van der Waals surface area contributed by atoms with Crippen LogP contribution in [0, 0.1) is 0 Å². The zero-order valence-corrected chi connectivity index (χ0v) is 8.95. The van der Waals surface area contributed by atoms with Crippen LogP contribution in [0.4, 0.5) is 0 Å². The molecule has 1 aliphatic rings. The number of alkyl halides is 1. The third kappa shape index (κ3) is 1.74. The van der Waals surface area contributed by atoms with Gasteiger partial charge in [-0.05, 0) is 19.1 Å². The molecule has 0 aromatic carbocycles. The van der Waals surface area contributed by atoms with E-state index in [4.69, 9.17) is 21.1 Å². The molecule has 0 spiro atoms. The first kappa shape index (κ1) is 9.46. The Kier molecular flexibility index (Phi) is 2.60. The Morgan fingerprint density at radius 3 is 2.69 bits per heavy atom. The van der Waals surface area contributed by atoms with Gasteiger partial charge in [0.15, 0.2) is 0 Å². The molecule has 0 amide bonds. The molecule has 2 rings (SSSR count). The summed E-state index contributed by atoms with van der Waals surface area (Å²) in [5, 5.41) is 0. The van der Waals surface area contributed by atoms with Crippen molar-refractivity contribution in [3.8, 4) is 0 Å². The predicted molar refractivity (Wildman–Crippen MR) is 53.1 cm³/mol. The molecule has 0 N–H and O–H groups in total. The first-order valence-electron chi connectivity index (χ1n) is 4.18. The highest BCUT2D eigenvalue weighted by atomic mass is 35.5. The third-order valence-corrected chi connectivity index (χ3v) is 3.80. The molecular weight excluding hydrogens is 208 g/mol. The lowest BCUT2D eigenvalue weighted by Crippen LogP contribution is -2.20. The molecule has 0 aliphatic carbocycles. The van der Waals surface area contributed by atoms with E-state index in [2.05, 4.69) is 0 Å². The van der Waals surface area contributed by atoms with Crippen LogP contribution in [-0.4, -0.2) is 13.2 Å². The normalized spacial score (nSPS) is 20.8. The topological polar surface area (TPSA) is 18.5 Å². The van der Waals surface area contributed by atoms with E-state index in [0.717, 1.165) is 9.75 Å². The first-order chi connectivity index (χ1) is 6.24. The van der Waals surface area contributed by atoms with Gasteiger partial charge in [0.05, 0.1) is 24.0 Å². The minimum absolute atomic E-state index is 0.533. The van der Waals surface area contributed by atoms with Gasteiger partial charge in [0, 0.05) is 4.88 Å². The summed E-state index contributed by atoms with van der Waals surface area (Å²) in [6, 6.07) is 4.04. The van der Waals surface area contributed by atoms with E-state index in [9.17, 15) is 0 Å². The largest absolute Gasteiger partial charge is 0.343 e. The van der Waals surface area contributed by atoms with Crippen LogP contribution in [0.1, 0.15) is 16.7 Å². The molecule has 0 atom stereocenters. The van der Waals surface area contributed by atoms with Crippen molar-refractivity contribution in [3.63, 3.8) is 0 Å². The summed E-state index contributed by atoms with van der Waals surface area (Å²) in [5.41, 5.74) is 0. The second-order valence-corrected chi connectivity index (χ2v) is 4.48. The molecule has 0 saturated carbocycles. The van der Waals surface area contributed by atoms with Gasteiger partial charge in [-0.2, -0.15) is 0 Å². The van der Waals surface area contributed by atoms with Gasteiger partial charge in [0.1, 0.15) is 0 Å². The van der Waals surface area contributed by atoms with E-state index < -0.39 is 5.79 Å². The Morgan fingerprint density at radius 2 is 2.15 bits per heavy atom. The summed E-state index contributed by atoms with van der Waals surface area (Å²) in [4.78, 5) is 2.25. The Hall–Kier alpha value is -0.0900. The summed E-state index contributed by atoms with van der Waals surface area (Å²) >= 11 is 7.37. The smallest absolute Gasteiger partial charge is 0.201 e.